The summed E-state index contributed by atoms with van der Waals surface area (Å²) in [7, 11) is 1.55. The van der Waals surface area contributed by atoms with Crippen LogP contribution in [0.25, 0.3) is 0 Å². The quantitative estimate of drug-likeness (QED) is 0.229. The zero-order chi connectivity index (χ0) is 19.9. The van der Waals surface area contributed by atoms with Crippen LogP contribution in [0.2, 0.25) is 0 Å². The minimum atomic E-state index is -0.518. The molecule has 1 heterocycles. The van der Waals surface area contributed by atoms with Gasteiger partial charge < -0.3 is 13.9 Å². The molecule has 3 rings (SSSR count). The average molecular weight is 401 g/mol. The van der Waals surface area contributed by atoms with Crippen molar-refractivity contribution >= 4 is 23.2 Å². The normalized spacial score (nSPS) is 10.5. The van der Waals surface area contributed by atoms with E-state index in [4.69, 9.17) is 13.9 Å². The summed E-state index contributed by atoms with van der Waals surface area (Å²) in [4.78, 5) is 22.3. The predicted molar refractivity (Wildman–Crippen MR) is 99.8 cm³/mol. The predicted octanol–water partition coefficient (Wildman–Crippen LogP) is 3.54. The first-order valence-electron chi connectivity index (χ1n) is 8.05. The molecular weight excluding hydrogens is 386 g/mol. The molecule has 0 saturated carbocycles. The number of hydrogen-bond donors (Lipinski definition) is 0. The van der Waals surface area contributed by atoms with Gasteiger partial charge in [-0.3, -0.25) is 14.9 Å². The molecule has 0 aliphatic rings. The summed E-state index contributed by atoms with van der Waals surface area (Å²) in [5.41, 5.74) is 0.304. The number of rotatable bonds is 9. The monoisotopic (exact) mass is 401 g/mol. The molecule has 0 spiro atoms. The largest absolute Gasteiger partial charge is 0.493 e. The Labute approximate surface area is 163 Å². The van der Waals surface area contributed by atoms with E-state index in [9.17, 15) is 14.9 Å². The molecule has 28 heavy (non-hydrogen) atoms. The van der Waals surface area contributed by atoms with Crippen molar-refractivity contribution < 1.29 is 23.6 Å². The average Bonchev–Trinajstić information content (AvgIpc) is 3.18. The molecule has 0 unspecified atom stereocenters. The number of Topliss-reactive ketones (excluding diaryl/α,β-unsaturated/α-hetero) is 1. The van der Waals surface area contributed by atoms with Crippen LogP contribution in [0.3, 0.4) is 0 Å². The molecule has 10 heteroatoms. The number of non-ortho nitro benzene ring substituents is 1. The van der Waals surface area contributed by atoms with Crippen LogP contribution >= 0.6 is 11.8 Å². The smallest absolute Gasteiger partial charge is 0.277 e. The molecule has 3 aromatic rings. The van der Waals surface area contributed by atoms with Gasteiger partial charge in [0.2, 0.25) is 0 Å². The van der Waals surface area contributed by atoms with Crippen LogP contribution in [-0.2, 0) is 6.61 Å². The van der Waals surface area contributed by atoms with E-state index in [1.165, 1.54) is 24.3 Å². The number of nitrogens with zero attached hydrogens (tertiary/aromatic N) is 3. The van der Waals surface area contributed by atoms with Crippen molar-refractivity contribution in [3.63, 3.8) is 0 Å². The number of thioether (sulfide) groups is 1. The zero-order valence-electron chi connectivity index (χ0n) is 14.7. The van der Waals surface area contributed by atoms with Crippen LogP contribution in [0.5, 0.6) is 11.5 Å². The first-order valence-corrected chi connectivity index (χ1v) is 9.04. The molecule has 9 nitrogen and oxygen atoms in total. The summed E-state index contributed by atoms with van der Waals surface area (Å²) in [6.07, 6.45) is 0. The lowest BCUT2D eigenvalue weighted by molar-refractivity contribution is -0.384. The Morgan fingerprint density at radius 2 is 1.86 bits per heavy atom. The number of hydrogen-bond acceptors (Lipinski definition) is 9. The van der Waals surface area contributed by atoms with Crippen molar-refractivity contribution in [3.8, 4) is 11.5 Å². The van der Waals surface area contributed by atoms with Crippen molar-refractivity contribution in [3.05, 3.63) is 70.1 Å². The van der Waals surface area contributed by atoms with Crippen molar-refractivity contribution in [1.82, 2.24) is 10.2 Å². The number of ether oxygens (including phenoxy) is 2. The highest BCUT2D eigenvalue weighted by atomic mass is 32.2. The third-order valence-corrected chi connectivity index (χ3v) is 4.41. The summed E-state index contributed by atoms with van der Waals surface area (Å²) in [6, 6.07) is 12.6. The van der Waals surface area contributed by atoms with E-state index in [-0.39, 0.29) is 34.9 Å². The molecule has 0 atom stereocenters. The topological polar surface area (TPSA) is 118 Å². The van der Waals surface area contributed by atoms with Crippen molar-refractivity contribution in [2.24, 2.45) is 0 Å². The van der Waals surface area contributed by atoms with E-state index in [0.717, 1.165) is 11.8 Å². The number of methoxy groups -OCH3 is 1. The highest BCUT2D eigenvalue weighted by molar-refractivity contribution is 7.99. The van der Waals surface area contributed by atoms with E-state index < -0.39 is 4.92 Å². The van der Waals surface area contributed by atoms with Gasteiger partial charge in [-0.05, 0) is 24.3 Å². The molecule has 1 aromatic heterocycles. The summed E-state index contributed by atoms with van der Waals surface area (Å²) < 4.78 is 16.2. The lowest BCUT2D eigenvalue weighted by Crippen LogP contribution is -2.02. The Hall–Kier alpha value is -3.40. The molecule has 0 saturated heterocycles. The van der Waals surface area contributed by atoms with Crippen LogP contribution in [-0.4, -0.2) is 33.8 Å². The Kier molecular flexibility index (Phi) is 6.22. The Bertz CT molecular complexity index is 973. The fourth-order valence-electron chi connectivity index (χ4n) is 2.21. The highest BCUT2D eigenvalue weighted by Crippen LogP contribution is 2.27. The summed E-state index contributed by atoms with van der Waals surface area (Å²) in [5, 5.41) is 18.6. The molecule has 0 N–H and O–H groups in total. The standard InChI is InChI=1S/C18H15N3O6S/c1-25-15-4-2-3-5-16(15)26-10-17-19-20-18(27-17)28-11-14(22)12-6-8-13(9-7-12)21(23)24/h2-9H,10-11H2,1H3. The molecule has 0 amide bonds. The van der Waals surface area contributed by atoms with Crippen molar-refractivity contribution in [2.75, 3.05) is 12.9 Å². The summed E-state index contributed by atoms with van der Waals surface area (Å²) >= 11 is 1.08. The number of nitro benzene ring substituents is 1. The number of para-hydroxylation sites is 2. The van der Waals surface area contributed by atoms with E-state index in [1.807, 2.05) is 12.1 Å². The number of aromatic nitrogens is 2. The van der Waals surface area contributed by atoms with Gasteiger partial charge in [0.25, 0.3) is 16.8 Å². The summed E-state index contributed by atoms with van der Waals surface area (Å²) in [6.45, 7) is 0.0598. The number of ketones is 1. The number of benzene rings is 2. The lowest BCUT2D eigenvalue weighted by Gasteiger charge is -2.07. The van der Waals surface area contributed by atoms with Gasteiger partial charge in [-0.15, -0.1) is 10.2 Å². The van der Waals surface area contributed by atoms with Crippen LogP contribution in [0.4, 0.5) is 5.69 Å². The summed E-state index contributed by atoms with van der Waals surface area (Å²) in [5.74, 6) is 1.25. The van der Waals surface area contributed by atoms with E-state index in [2.05, 4.69) is 10.2 Å². The number of nitro groups is 1. The Morgan fingerprint density at radius 1 is 1.14 bits per heavy atom. The van der Waals surface area contributed by atoms with Crippen LogP contribution in [0.15, 0.2) is 58.2 Å². The first kappa shape index (κ1) is 19.4. The molecular formula is C18H15N3O6S. The second-order valence-corrected chi connectivity index (χ2v) is 6.34. The lowest BCUT2D eigenvalue weighted by atomic mass is 10.1. The van der Waals surface area contributed by atoms with Gasteiger partial charge >= 0.3 is 0 Å². The molecule has 0 bridgehead atoms. The maximum atomic E-state index is 12.2. The van der Waals surface area contributed by atoms with Gasteiger partial charge in [0.05, 0.1) is 17.8 Å². The van der Waals surface area contributed by atoms with Gasteiger partial charge in [-0.1, -0.05) is 23.9 Å². The van der Waals surface area contributed by atoms with Gasteiger partial charge in [0.1, 0.15) is 0 Å². The minimum Gasteiger partial charge on any atom is -0.493 e. The van der Waals surface area contributed by atoms with E-state index in [1.54, 1.807) is 19.2 Å². The van der Waals surface area contributed by atoms with Crippen LogP contribution in [0.1, 0.15) is 16.2 Å². The zero-order valence-corrected chi connectivity index (χ0v) is 15.5. The van der Waals surface area contributed by atoms with Crippen molar-refractivity contribution in [2.45, 2.75) is 11.8 Å². The maximum absolute atomic E-state index is 12.2. The number of carbonyl (C=O) groups excluding carboxylic acids is 1. The SMILES string of the molecule is COc1ccccc1OCc1nnc(SCC(=O)c2ccc([N+](=O)[O-])cc2)o1. The van der Waals surface area contributed by atoms with Crippen LogP contribution in [0, 0.1) is 10.1 Å². The second-order valence-electron chi connectivity index (χ2n) is 5.42. The molecule has 0 fully saturated rings. The second kappa shape index (κ2) is 9.00. The molecule has 144 valence electrons. The molecule has 0 aliphatic heterocycles. The maximum Gasteiger partial charge on any atom is 0.277 e. The third-order valence-electron chi connectivity index (χ3n) is 3.60. The third kappa shape index (κ3) is 4.86. The van der Waals surface area contributed by atoms with E-state index >= 15 is 0 Å². The molecule has 0 aliphatic carbocycles. The van der Waals surface area contributed by atoms with Crippen molar-refractivity contribution in [1.29, 1.82) is 0 Å². The Balaban J connectivity index is 1.53. The number of carbonyl (C=O) groups is 1. The van der Waals surface area contributed by atoms with Gasteiger partial charge in [0, 0.05) is 17.7 Å². The van der Waals surface area contributed by atoms with Gasteiger partial charge in [-0.2, -0.15) is 0 Å². The van der Waals surface area contributed by atoms with Gasteiger partial charge in [-0.25, -0.2) is 0 Å². The molecule has 0 radical (unpaired) electrons. The fourth-order valence-corrected chi connectivity index (χ4v) is 2.89. The fraction of sp³-hybridized carbons (Fsp3) is 0.167. The first-order chi connectivity index (χ1) is 13.6. The molecule has 2 aromatic carbocycles. The van der Waals surface area contributed by atoms with Gasteiger partial charge in [0.15, 0.2) is 23.9 Å². The Morgan fingerprint density at radius 3 is 2.54 bits per heavy atom. The minimum absolute atomic E-state index is 0.0598. The van der Waals surface area contributed by atoms with E-state index in [0.29, 0.717) is 17.1 Å². The van der Waals surface area contributed by atoms with Crippen LogP contribution < -0.4 is 9.47 Å². The highest BCUT2D eigenvalue weighted by Gasteiger charge is 2.14.